The maximum atomic E-state index is 14.5. The number of nitrogens with one attached hydrogen (secondary N) is 2. The van der Waals surface area contributed by atoms with Crippen molar-refractivity contribution >= 4 is 47.2 Å². The summed E-state index contributed by atoms with van der Waals surface area (Å²) in [5.74, 6) is 1.17. The van der Waals surface area contributed by atoms with Gasteiger partial charge >= 0.3 is 0 Å². The number of morpholine rings is 1. The molecule has 2 N–H and O–H groups in total. The number of nitrogens with zero attached hydrogens (tertiary/aromatic N) is 2. The third-order valence-electron chi connectivity index (χ3n) is 4.99. The molecule has 0 bridgehead atoms. The Bertz CT molecular complexity index is 879. The van der Waals surface area contributed by atoms with Crippen molar-refractivity contribution in [2.24, 2.45) is 4.99 Å². The largest absolute Gasteiger partial charge is 0.497 e. The summed E-state index contributed by atoms with van der Waals surface area (Å²) in [6.07, 6.45) is 0.742. The number of aliphatic imine (C=N–C) groups is 1. The Morgan fingerprint density at radius 2 is 1.97 bits per heavy atom. The monoisotopic (exact) mass is 562 g/mol. The van der Waals surface area contributed by atoms with Crippen molar-refractivity contribution in [2.75, 3.05) is 51.9 Å². The Labute approximate surface area is 205 Å². The second kappa shape index (κ2) is 12.9. The van der Waals surface area contributed by atoms with Gasteiger partial charge in [-0.25, -0.2) is 4.39 Å². The van der Waals surface area contributed by atoms with Gasteiger partial charge in [0.15, 0.2) is 5.96 Å². The van der Waals surface area contributed by atoms with Gasteiger partial charge in [-0.2, -0.15) is 0 Å². The number of anilines is 1. The van der Waals surface area contributed by atoms with Crippen molar-refractivity contribution in [2.45, 2.75) is 13.0 Å². The Hall–Kier alpha value is -1.78. The third-order valence-corrected chi connectivity index (χ3v) is 5.35. The molecule has 0 radical (unpaired) electrons. The third kappa shape index (κ3) is 7.40. The summed E-state index contributed by atoms with van der Waals surface area (Å²) in [5, 5.41) is 7.15. The van der Waals surface area contributed by atoms with E-state index in [9.17, 15) is 4.39 Å². The van der Waals surface area contributed by atoms with E-state index in [-0.39, 0.29) is 29.8 Å². The summed E-state index contributed by atoms with van der Waals surface area (Å²) in [5.41, 5.74) is 2.51. The molecule has 2 aromatic carbocycles. The topological polar surface area (TPSA) is 58.1 Å². The number of hydrogen-bond donors (Lipinski definition) is 2. The van der Waals surface area contributed by atoms with Crippen LogP contribution >= 0.6 is 35.6 Å². The molecule has 1 fully saturated rings. The molecule has 0 unspecified atom stereocenters. The van der Waals surface area contributed by atoms with Crippen LogP contribution in [0.3, 0.4) is 0 Å². The van der Waals surface area contributed by atoms with Crippen molar-refractivity contribution in [3.8, 4) is 5.75 Å². The smallest absolute Gasteiger partial charge is 0.191 e. The van der Waals surface area contributed by atoms with Crippen LogP contribution in [0.5, 0.6) is 5.75 Å². The molecule has 2 aromatic rings. The summed E-state index contributed by atoms with van der Waals surface area (Å²) < 4.78 is 25.0. The van der Waals surface area contributed by atoms with Crippen LogP contribution in [0.4, 0.5) is 10.1 Å². The molecule has 1 aliphatic rings. The van der Waals surface area contributed by atoms with E-state index in [1.807, 2.05) is 29.2 Å². The van der Waals surface area contributed by atoms with E-state index in [4.69, 9.17) is 21.1 Å². The molecular formula is C22H29ClFIN4O2. The lowest BCUT2D eigenvalue weighted by Gasteiger charge is -2.29. The minimum atomic E-state index is -0.215. The maximum absolute atomic E-state index is 14.5. The molecule has 6 nitrogen and oxygen atoms in total. The molecule has 170 valence electrons. The van der Waals surface area contributed by atoms with Crippen LogP contribution in [0.15, 0.2) is 41.4 Å². The number of hydrogen-bond acceptors (Lipinski definition) is 4. The Morgan fingerprint density at radius 3 is 2.61 bits per heavy atom. The molecule has 0 saturated carbocycles. The van der Waals surface area contributed by atoms with Gasteiger partial charge in [-0.3, -0.25) is 4.99 Å². The van der Waals surface area contributed by atoms with Crippen molar-refractivity contribution in [3.63, 3.8) is 0 Å². The SMILES string of the molecule is CN=C(NCCc1ccc(OC)cc1Cl)NCc1ccc(N2CCOCC2)c(F)c1.I. The average Bonchev–Trinajstić information content (AvgIpc) is 2.77. The molecule has 31 heavy (non-hydrogen) atoms. The summed E-state index contributed by atoms with van der Waals surface area (Å²) in [7, 11) is 3.32. The van der Waals surface area contributed by atoms with Gasteiger partial charge < -0.3 is 25.0 Å². The first-order valence-electron chi connectivity index (χ1n) is 9.98. The van der Waals surface area contributed by atoms with Crippen LogP contribution in [0.25, 0.3) is 0 Å². The quantitative estimate of drug-likeness (QED) is 0.305. The zero-order valence-electron chi connectivity index (χ0n) is 17.8. The number of guanidine groups is 1. The standard InChI is InChI=1S/C22H28ClFN4O2.HI/c1-25-22(26-8-7-17-4-5-18(29-2)14-19(17)23)27-15-16-3-6-21(20(24)13-16)28-9-11-30-12-10-28;/h3-6,13-14H,7-12,15H2,1-2H3,(H2,25,26,27);1H. The van der Waals surface area contributed by atoms with E-state index in [0.29, 0.717) is 56.1 Å². The summed E-state index contributed by atoms with van der Waals surface area (Å²) in [6.45, 7) is 3.82. The van der Waals surface area contributed by atoms with Crippen molar-refractivity contribution in [1.82, 2.24) is 10.6 Å². The van der Waals surface area contributed by atoms with Crippen LogP contribution < -0.4 is 20.3 Å². The average molecular weight is 563 g/mol. The normalized spacial score (nSPS) is 14.1. The lowest BCUT2D eigenvalue weighted by atomic mass is 10.1. The van der Waals surface area contributed by atoms with Gasteiger partial charge in [-0.1, -0.05) is 23.7 Å². The van der Waals surface area contributed by atoms with Crippen molar-refractivity contribution < 1.29 is 13.9 Å². The van der Waals surface area contributed by atoms with E-state index in [0.717, 1.165) is 23.3 Å². The number of halogens is 3. The molecule has 1 saturated heterocycles. The second-order valence-electron chi connectivity index (χ2n) is 6.95. The Morgan fingerprint density at radius 1 is 1.19 bits per heavy atom. The fraction of sp³-hybridized carbons (Fsp3) is 0.409. The molecule has 0 aromatic heterocycles. The first-order valence-corrected chi connectivity index (χ1v) is 10.4. The van der Waals surface area contributed by atoms with Crippen molar-refractivity contribution in [3.05, 3.63) is 58.4 Å². The van der Waals surface area contributed by atoms with Crippen LogP contribution in [-0.2, 0) is 17.7 Å². The minimum Gasteiger partial charge on any atom is -0.497 e. The van der Waals surface area contributed by atoms with Gasteiger partial charge in [0.25, 0.3) is 0 Å². The number of methoxy groups -OCH3 is 1. The van der Waals surface area contributed by atoms with Gasteiger partial charge in [0.1, 0.15) is 11.6 Å². The van der Waals surface area contributed by atoms with E-state index in [2.05, 4.69) is 15.6 Å². The molecular weight excluding hydrogens is 534 g/mol. The van der Waals surface area contributed by atoms with Crippen LogP contribution in [0, 0.1) is 5.82 Å². The molecule has 0 aliphatic carbocycles. The van der Waals surface area contributed by atoms with Crippen LogP contribution in [0.2, 0.25) is 5.02 Å². The van der Waals surface area contributed by atoms with Crippen LogP contribution in [-0.4, -0.2) is 53.0 Å². The lowest BCUT2D eigenvalue weighted by Crippen LogP contribution is -2.38. The predicted molar refractivity (Wildman–Crippen MR) is 135 cm³/mol. The minimum absolute atomic E-state index is 0. The highest BCUT2D eigenvalue weighted by atomic mass is 127. The molecule has 3 rings (SSSR count). The summed E-state index contributed by atoms with van der Waals surface area (Å²) in [6, 6.07) is 11.0. The highest BCUT2D eigenvalue weighted by molar-refractivity contribution is 14.0. The molecule has 1 heterocycles. The first-order chi connectivity index (χ1) is 14.6. The van der Waals surface area contributed by atoms with Gasteiger partial charge in [-0.15, -0.1) is 24.0 Å². The Kier molecular flexibility index (Phi) is 10.6. The molecule has 0 atom stereocenters. The summed E-state index contributed by atoms with van der Waals surface area (Å²) in [4.78, 5) is 6.24. The highest BCUT2D eigenvalue weighted by Gasteiger charge is 2.15. The predicted octanol–water partition coefficient (Wildman–Crippen LogP) is 3.85. The van der Waals surface area contributed by atoms with Gasteiger partial charge in [-0.05, 0) is 41.8 Å². The van der Waals surface area contributed by atoms with Gasteiger partial charge in [0.05, 0.1) is 26.0 Å². The fourth-order valence-corrected chi connectivity index (χ4v) is 3.57. The maximum Gasteiger partial charge on any atom is 0.191 e. The van der Waals surface area contributed by atoms with Gasteiger partial charge in [0.2, 0.25) is 0 Å². The first kappa shape index (κ1) is 25.5. The number of benzene rings is 2. The second-order valence-corrected chi connectivity index (χ2v) is 7.35. The zero-order chi connectivity index (χ0) is 21.3. The lowest BCUT2D eigenvalue weighted by molar-refractivity contribution is 0.122. The highest BCUT2D eigenvalue weighted by Crippen LogP contribution is 2.23. The number of rotatable bonds is 7. The molecule has 0 amide bonds. The zero-order valence-corrected chi connectivity index (χ0v) is 20.9. The van der Waals surface area contributed by atoms with Crippen molar-refractivity contribution in [1.29, 1.82) is 0 Å². The van der Waals surface area contributed by atoms with E-state index < -0.39 is 0 Å². The molecule has 0 spiro atoms. The van der Waals surface area contributed by atoms with E-state index in [1.165, 1.54) is 0 Å². The number of ether oxygens (including phenoxy) is 2. The Balaban J connectivity index is 0.00000341. The fourth-order valence-electron chi connectivity index (χ4n) is 3.30. The van der Waals surface area contributed by atoms with Gasteiger partial charge in [0, 0.05) is 38.2 Å². The molecule has 1 aliphatic heterocycles. The van der Waals surface area contributed by atoms with E-state index >= 15 is 0 Å². The van der Waals surface area contributed by atoms with E-state index in [1.54, 1.807) is 26.3 Å². The molecule has 9 heteroatoms. The van der Waals surface area contributed by atoms with Crippen LogP contribution in [0.1, 0.15) is 11.1 Å². The summed E-state index contributed by atoms with van der Waals surface area (Å²) >= 11 is 6.28.